The fraction of sp³-hybridized carbons (Fsp3) is 0.400. The zero-order valence-electron chi connectivity index (χ0n) is 23.1. The van der Waals surface area contributed by atoms with Crippen LogP contribution in [0.3, 0.4) is 0 Å². The molecule has 1 atom stereocenters. The molecule has 2 heterocycles. The summed E-state index contributed by atoms with van der Waals surface area (Å²) in [5.41, 5.74) is 9.37. The maximum absolute atomic E-state index is 11.3. The number of benzene rings is 2. The van der Waals surface area contributed by atoms with Crippen LogP contribution in [0.2, 0.25) is 0 Å². The maximum atomic E-state index is 11.3. The Morgan fingerprint density at radius 3 is 2.42 bits per heavy atom. The summed E-state index contributed by atoms with van der Waals surface area (Å²) in [6.45, 7) is 11.4. The zero-order chi connectivity index (χ0) is 27.8. The van der Waals surface area contributed by atoms with Crippen molar-refractivity contribution in [2.24, 2.45) is 0 Å². The quantitative estimate of drug-likeness (QED) is 0.347. The van der Waals surface area contributed by atoms with Crippen LogP contribution >= 0.6 is 0 Å². The molecule has 0 aliphatic carbocycles. The number of aliphatic carboxylic acids is 1. The van der Waals surface area contributed by atoms with Gasteiger partial charge in [-0.15, -0.1) is 0 Å². The molecule has 1 unspecified atom stereocenters. The maximum Gasteiger partial charge on any atom is 0.300 e. The number of nitrogens with zero attached hydrogens (tertiary/aromatic N) is 1. The third-order valence-electron chi connectivity index (χ3n) is 6.53. The molecule has 1 aliphatic heterocycles. The molecule has 0 bridgehead atoms. The molecule has 8 heteroatoms. The van der Waals surface area contributed by atoms with Crippen molar-refractivity contribution < 1.29 is 28.3 Å². The number of rotatable bonds is 9. The molecule has 0 spiro atoms. The van der Waals surface area contributed by atoms with Gasteiger partial charge >= 0.3 is 0 Å². The van der Waals surface area contributed by atoms with E-state index in [0.717, 1.165) is 53.5 Å². The van der Waals surface area contributed by atoms with E-state index < -0.39 is 16.8 Å². The first-order valence-corrected chi connectivity index (χ1v) is 14.4. The van der Waals surface area contributed by atoms with Crippen LogP contribution in [0.15, 0.2) is 36.5 Å². The molecule has 4 rings (SSSR count). The van der Waals surface area contributed by atoms with Crippen molar-refractivity contribution in [3.8, 4) is 28.5 Å². The van der Waals surface area contributed by atoms with Crippen molar-refractivity contribution in [1.29, 1.82) is 0 Å². The first kappa shape index (κ1) is 29.2. The van der Waals surface area contributed by atoms with Crippen molar-refractivity contribution in [3.63, 3.8) is 0 Å². The van der Waals surface area contributed by atoms with Crippen LogP contribution in [0, 0.1) is 27.7 Å². The van der Waals surface area contributed by atoms with E-state index in [0.29, 0.717) is 31.5 Å². The molecule has 204 valence electrons. The smallest absolute Gasteiger partial charge is 0.300 e. The lowest BCUT2D eigenvalue weighted by Gasteiger charge is -2.21. The van der Waals surface area contributed by atoms with Crippen molar-refractivity contribution in [2.75, 3.05) is 25.2 Å². The largest absolute Gasteiger partial charge is 0.493 e. The van der Waals surface area contributed by atoms with Gasteiger partial charge in [0.25, 0.3) is 5.97 Å². The Bertz CT molecular complexity index is 1290. The number of carbonyl (C=O) groups is 1. The van der Waals surface area contributed by atoms with Crippen LogP contribution in [0.5, 0.6) is 17.4 Å². The van der Waals surface area contributed by atoms with Crippen LogP contribution in [0.4, 0.5) is 0 Å². The number of hydrogen-bond acceptors (Lipinski definition) is 6. The number of hydrogen-bond donors (Lipinski definition) is 1. The van der Waals surface area contributed by atoms with Crippen LogP contribution in [0.1, 0.15) is 46.7 Å². The van der Waals surface area contributed by atoms with Gasteiger partial charge in [-0.1, -0.05) is 18.2 Å². The summed E-state index contributed by atoms with van der Waals surface area (Å²) in [5, 5.41) is 7.42. The fourth-order valence-electron chi connectivity index (χ4n) is 4.46. The molecule has 0 fully saturated rings. The molecule has 0 saturated heterocycles. The third-order valence-corrected chi connectivity index (χ3v) is 7.39. The Hall–Kier alpha value is -3.39. The van der Waals surface area contributed by atoms with Gasteiger partial charge in [0.05, 0.1) is 13.2 Å². The number of ether oxygens (including phenoxy) is 3. The number of carboxylic acid groups (broad SMARTS) is 1. The highest BCUT2D eigenvalue weighted by Gasteiger charge is 2.18. The van der Waals surface area contributed by atoms with Crippen molar-refractivity contribution in [2.45, 2.75) is 54.1 Å². The van der Waals surface area contributed by atoms with Gasteiger partial charge in [-0.05, 0) is 79.1 Å². The van der Waals surface area contributed by atoms with E-state index in [1.54, 1.807) is 6.26 Å². The standard InChI is InChI=1S/C28H33NO4S.C2H4O2/c1-18-20(3)28(32-11-7-13-34(5)30)21(4)19(2)27(18)23-9-6-8-22(14-23)17-33-26-15-25-24(16-29-26)10-12-31-25;1-2(3)4/h6,8-9,14-16H,7,10-13,17H2,1-5H3;1H3,(H,3,4). The summed E-state index contributed by atoms with van der Waals surface area (Å²) in [4.78, 5) is 13.4. The van der Waals surface area contributed by atoms with E-state index in [9.17, 15) is 4.21 Å². The topological polar surface area (TPSA) is 95.0 Å². The van der Waals surface area contributed by atoms with Gasteiger partial charge in [0.1, 0.15) is 18.1 Å². The van der Waals surface area contributed by atoms with Gasteiger partial charge in [0.15, 0.2) is 0 Å². The Morgan fingerprint density at radius 1 is 1.08 bits per heavy atom. The molecule has 1 aliphatic rings. The van der Waals surface area contributed by atoms with E-state index in [4.69, 9.17) is 24.1 Å². The van der Waals surface area contributed by atoms with E-state index in [2.05, 4.69) is 56.9 Å². The minimum absolute atomic E-state index is 0.440. The van der Waals surface area contributed by atoms with Gasteiger partial charge in [0, 0.05) is 54.0 Å². The Balaban J connectivity index is 0.000000934. The molecule has 0 amide bonds. The van der Waals surface area contributed by atoms with Crippen LogP contribution < -0.4 is 14.2 Å². The Morgan fingerprint density at radius 2 is 1.76 bits per heavy atom. The minimum Gasteiger partial charge on any atom is -0.493 e. The molecular weight excluding hydrogens is 502 g/mol. The summed E-state index contributed by atoms with van der Waals surface area (Å²) in [6, 6.07) is 10.4. The Kier molecular flexibility index (Phi) is 10.3. The number of fused-ring (bicyclic) bond motifs is 1. The highest BCUT2D eigenvalue weighted by Crippen LogP contribution is 2.38. The lowest BCUT2D eigenvalue weighted by molar-refractivity contribution is -0.134. The second-order valence-corrected chi connectivity index (χ2v) is 11.0. The minimum atomic E-state index is -0.833. The SMILES string of the molecule is CC(=O)O.Cc1c(C)c(-c2cccc(COc3cc4c(cn3)CCO4)c2)c(C)c(C)c1OCCCS(C)=O. The predicted octanol–water partition coefficient (Wildman–Crippen LogP) is 5.73. The van der Waals surface area contributed by atoms with E-state index in [-0.39, 0.29) is 0 Å². The molecule has 1 N–H and O–H groups in total. The van der Waals surface area contributed by atoms with Gasteiger partial charge in [-0.2, -0.15) is 0 Å². The van der Waals surface area contributed by atoms with Gasteiger partial charge in [0.2, 0.25) is 5.88 Å². The average Bonchev–Trinajstić information content (AvgIpc) is 3.34. The Labute approximate surface area is 227 Å². The second-order valence-electron chi connectivity index (χ2n) is 9.42. The summed E-state index contributed by atoms with van der Waals surface area (Å²) in [6.07, 6.45) is 5.27. The van der Waals surface area contributed by atoms with Crippen molar-refractivity contribution in [3.05, 3.63) is 69.9 Å². The highest BCUT2D eigenvalue weighted by molar-refractivity contribution is 7.84. The van der Waals surface area contributed by atoms with Crippen LogP contribution in [0.25, 0.3) is 11.1 Å². The monoisotopic (exact) mass is 539 g/mol. The van der Waals surface area contributed by atoms with E-state index in [1.165, 1.54) is 22.3 Å². The van der Waals surface area contributed by atoms with Gasteiger partial charge in [-0.3, -0.25) is 9.00 Å². The first-order valence-electron chi connectivity index (χ1n) is 12.6. The van der Waals surface area contributed by atoms with Crippen LogP contribution in [-0.2, 0) is 28.6 Å². The van der Waals surface area contributed by atoms with E-state index in [1.807, 2.05) is 12.3 Å². The first-order chi connectivity index (χ1) is 18.1. The summed E-state index contributed by atoms with van der Waals surface area (Å²) >= 11 is 0. The molecular formula is C30H37NO6S. The normalized spacial score (nSPS) is 12.6. The molecule has 3 aromatic rings. The second kappa shape index (κ2) is 13.4. The summed E-state index contributed by atoms with van der Waals surface area (Å²) in [7, 11) is -0.789. The highest BCUT2D eigenvalue weighted by atomic mass is 32.2. The summed E-state index contributed by atoms with van der Waals surface area (Å²) in [5.74, 6) is 2.24. The molecule has 1 aromatic heterocycles. The molecule has 0 saturated carbocycles. The van der Waals surface area contributed by atoms with Gasteiger partial charge < -0.3 is 19.3 Å². The fourth-order valence-corrected chi connectivity index (χ4v) is 4.98. The van der Waals surface area contributed by atoms with Crippen molar-refractivity contribution in [1.82, 2.24) is 4.98 Å². The lowest BCUT2D eigenvalue weighted by Crippen LogP contribution is -2.07. The molecule has 38 heavy (non-hydrogen) atoms. The van der Waals surface area contributed by atoms with Crippen LogP contribution in [-0.4, -0.2) is 45.5 Å². The number of aromatic nitrogens is 1. The van der Waals surface area contributed by atoms with Gasteiger partial charge in [-0.25, -0.2) is 4.98 Å². The third kappa shape index (κ3) is 7.57. The lowest BCUT2D eigenvalue weighted by atomic mass is 9.88. The van der Waals surface area contributed by atoms with E-state index >= 15 is 0 Å². The zero-order valence-corrected chi connectivity index (χ0v) is 23.9. The number of pyridine rings is 1. The van der Waals surface area contributed by atoms with Crippen molar-refractivity contribution >= 4 is 16.8 Å². The summed E-state index contributed by atoms with van der Waals surface area (Å²) < 4.78 is 29.1. The number of carboxylic acids is 1. The predicted molar refractivity (Wildman–Crippen MR) is 151 cm³/mol. The average molecular weight is 540 g/mol. The molecule has 2 aromatic carbocycles. The molecule has 0 radical (unpaired) electrons. The molecule has 7 nitrogen and oxygen atoms in total.